The molecule has 0 aromatic heterocycles. The molecule has 2 saturated carbocycles. The van der Waals surface area contributed by atoms with Gasteiger partial charge in [-0.25, -0.2) is 0 Å². The van der Waals surface area contributed by atoms with Crippen molar-refractivity contribution in [2.75, 3.05) is 12.4 Å². The molecule has 0 spiro atoms. The van der Waals surface area contributed by atoms with Crippen molar-refractivity contribution in [3.63, 3.8) is 0 Å². The summed E-state index contributed by atoms with van der Waals surface area (Å²) in [6.45, 7) is 0. The average molecular weight is 333 g/mol. The molecule has 1 amide bonds. The van der Waals surface area contributed by atoms with E-state index in [0.29, 0.717) is 17.9 Å². The van der Waals surface area contributed by atoms with Crippen molar-refractivity contribution in [2.45, 2.75) is 12.8 Å². The van der Waals surface area contributed by atoms with E-state index in [-0.39, 0.29) is 30.1 Å². The van der Waals surface area contributed by atoms with Crippen LogP contribution in [0.1, 0.15) is 12.8 Å². The summed E-state index contributed by atoms with van der Waals surface area (Å²) in [6.07, 6.45) is 0.492. The quantitative estimate of drug-likeness (QED) is 0.730. The zero-order chi connectivity index (χ0) is 17.4. The first-order chi connectivity index (χ1) is 11.4. The van der Waals surface area contributed by atoms with E-state index in [0.717, 1.165) is 0 Å². The number of anilines is 1. The number of ether oxygens (including phenoxy) is 1. The molecule has 1 aromatic rings. The molecular weight excluding hydrogens is 314 g/mol. The Labute approximate surface area is 138 Å². The number of hydrogen-bond donors (Lipinski definition) is 3. The van der Waals surface area contributed by atoms with Gasteiger partial charge in [-0.05, 0) is 36.3 Å². The van der Waals surface area contributed by atoms with E-state index in [2.05, 4.69) is 5.32 Å². The van der Waals surface area contributed by atoms with Gasteiger partial charge in [-0.15, -0.1) is 0 Å². The third-order valence-corrected chi connectivity index (χ3v) is 5.10. The minimum atomic E-state index is -0.968. The Morgan fingerprint density at radius 3 is 2.58 bits per heavy atom. The molecule has 7 nitrogen and oxygen atoms in total. The maximum Gasteiger partial charge on any atom is 0.307 e. The predicted octanol–water partition coefficient (Wildman–Crippen LogP) is 1.69. The molecule has 2 aliphatic carbocycles. The summed E-state index contributed by atoms with van der Waals surface area (Å²) in [5.74, 6) is -3.60. The van der Waals surface area contributed by atoms with Crippen molar-refractivity contribution in [1.82, 2.24) is 0 Å². The van der Waals surface area contributed by atoms with Crippen LogP contribution in [0.15, 0.2) is 24.3 Å². The van der Waals surface area contributed by atoms with Crippen molar-refractivity contribution >= 4 is 23.5 Å². The Morgan fingerprint density at radius 1 is 1.21 bits per heavy atom. The summed E-state index contributed by atoms with van der Waals surface area (Å²) in [6, 6.07) is 6.93. The molecule has 0 aliphatic heterocycles. The molecule has 7 heteroatoms. The lowest BCUT2D eigenvalue weighted by Gasteiger charge is -2.16. The van der Waals surface area contributed by atoms with Crippen molar-refractivity contribution in [3.05, 3.63) is 24.3 Å². The Balaban J connectivity index is 1.64. The van der Waals surface area contributed by atoms with Crippen molar-refractivity contribution in [2.24, 2.45) is 29.6 Å². The molecule has 0 bridgehead atoms. The van der Waals surface area contributed by atoms with Crippen LogP contribution >= 0.6 is 0 Å². The summed E-state index contributed by atoms with van der Waals surface area (Å²) < 4.78 is 5.09. The van der Waals surface area contributed by atoms with E-state index >= 15 is 0 Å². The fourth-order valence-corrected chi connectivity index (χ4v) is 4.09. The first-order valence-corrected chi connectivity index (χ1v) is 7.82. The lowest BCUT2D eigenvalue weighted by molar-refractivity contribution is -0.144. The first kappa shape index (κ1) is 16.3. The topological polar surface area (TPSA) is 113 Å². The molecule has 5 atom stereocenters. The number of aliphatic carboxylic acids is 2. The second kappa shape index (κ2) is 6.14. The monoisotopic (exact) mass is 333 g/mol. The van der Waals surface area contributed by atoms with Crippen molar-refractivity contribution in [3.8, 4) is 5.75 Å². The van der Waals surface area contributed by atoms with E-state index in [1.54, 1.807) is 24.3 Å². The normalized spacial score (nSPS) is 30.3. The molecule has 128 valence electrons. The van der Waals surface area contributed by atoms with E-state index in [1.165, 1.54) is 7.11 Å². The Morgan fingerprint density at radius 2 is 1.96 bits per heavy atom. The van der Waals surface area contributed by atoms with Gasteiger partial charge in [-0.1, -0.05) is 6.07 Å². The number of hydrogen-bond acceptors (Lipinski definition) is 4. The Bertz CT molecular complexity index is 687. The smallest absolute Gasteiger partial charge is 0.307 e. The van der Waals surface area contributed by atoms with Crippen LogP contribution in [-0.2, 0) is 14.4 Å². The largest absolute Gasteiger partial charge is 0.497 e. The molecule has 3 N–H and O–H groups in total. The number of rotatable bonds is 6. The number of carbonyl (C=O) groups excluding carboxylic acids is 1. The van der Waals surface area contributed by atoms with Gasteiger partial charge in [-0.2, -0.15) is 0 Å². The van der Waals surface area contributed by atoms with Crippen LogP contribution in [0, 0.1) is 29.6 Å². The number of fused-ring (bicyclic) bond motifs is 1. The van der Waals surface area contributed by atoms with Gasteiger partial charge in [0.25, 0.3) is 0 Å². The van der Waals surface area contributed by atoms with Crippen LogP contribution in [0.25, 0.3) is 0 Å². The molecule has 2 aliphatic rings. The summed E-state index contributed by atoms with van der Waals surface area (Å²) in [5, 5.41) is 21.2. The third kappa shape index (κ3) is 2.93. The van der Waals surface area contributed by atoms with Crippen LogP contribution in [0.4, 0.5) is 5.69 Å². The summed E-state index contributed by atoms with van der Waals surface area (Å²) in [4.78, 5) is 34.8. The molecule has 24 heavy (non-hydrogen) atoms. The number of carboxylic acids is 2. The van der Waals surface area contributed by atoms with Gasteiger partial charge in [0.05, 0.1) is 18.9 Å². The molecule has 5 unspecified atom stereocenters. The third-order valence-electron chi connectivity index (χ3n) is 5.10. The average Bonchev–Trinajstić information content (AvgIpc) is 3.17. The second-order valence-electron chi connectivity index (χ2n) is 6.44. The summed E-state index contributed by atoms with van der Waals surface area (Å²) in [7, 11) is 1.53. The molecular formula is C17H19NO6. The number of carboxylic acid groups (broad SMARTS) is 2. The highest BCUT2D eigenvalue weighted by atomic mass is 16.5. The van der Waals surface area contributed by atoms with Gasteiger partial charge >= 0.3 is 11.9 Å². The van der Waals surface area contributed by atoms with Crippen LogP contribution in [0.5, 0.6) is 5.75 Å². The van der Waals surface area contributed by atoms with Crippen molar-refractivity contribution in [1.29, 1.82) is 0 Å². The SMILES string of the molecule is COc1cccc(NC(=O)CC2CC(C(=O)O)C3C(C(=O)O)C23)c1. The Hall–Kier alpha value is -2.57. The van der Waals surface area contributed by atoms with Gasteiger partial charge < -0.3 is 20.3 Å². The van der Waals surface area contributed by atoms with E-state index in [1.807, 2.05) is 0 Å². The van der Waals surface area contributed by atoms with Gasteiger partial charge in [0.1, 0.15) is 5.75 Å². The van der Waals surface area contributed by atoms with Crippen LogP contribution < -0.4 is 10.1 Å². The maximum absolute atomic E-state index is 12.2. The maximum atomic E-state index is 12.2. The lowest BCUT2D eigenvalue weighted by atomic mass is 9.91. The molecule has 1 aromatic carbocycles. The predicted molar refractivity (Wildman–Crippen MR) is 83.6 cm³/mol. The van der Waals surface area contributed by atoms with E-state index in [9.17, 15) is 24.6 Å². The van der Waals surface area contributed by atoms with Crippen LogP contribution in [-0.4, -0.2) is 35.2 Å². The van der Waals surface area contributed by atoms with E-state index in [4.69, 9.17) is 4.74 Å². The standard InChI is InChI=1S/C17H19NO6/c1-24-10-4-2-3-9(7-10)18-12(19)6-8-5-11(16(20)21)14-13(8)15(14)17(22)23/h2-4,7-8,11,13-15H,5-6H2,1H3,(H,18,19)(H,20,21)(H,22,23). The molecule has 3 rings (SSSR count). The number of carbonyl (C=O) groups is 3. The second-order valence-corrected chi connectivity index (χ2v) is 6.44. The Kier molecular flexibility index (Phi) is 4.17. The fraction of sp³-hybridized carbons (Fsp3) is 0.471. The number of amides is 1. The number of nitrogens with one attached hydrogen (secondary N) is 1. The zero-order valence-corrected chi connectivity index (χ0v) is 13.1. The highest BCUT2D eigenvalue weighted by Crippen LogP contribution is 2.64. The molecule has 0 saturated heterocycles. The zero-order valence-electron chi connectivity index (χ0n) is 13.1. The molecule has 0 heterocycles. The summed E-state index contributed by atoms with van der Waals surface area (Å²) >= 11 is 0. The van der Waals surface area contributed by atoms with E-state index < -0.39 is 23.8 Å². The molecule has 2 fully saturated rings. The number of benzene rings is 1. The fourth-order valence-electron chi connectivity index (χ4n) is 4.09. The number of methoxy groups -OCH3 is 1. The van der Waals surface area contributed by atoms with Crippen LogP contribution in [0.3, 0.4) is 0 Å². The first-order valence-electron chi connectivity index (χ1n) is 7.82. The lowest BCUT2D eigenvalue weighted by Crippen LogP contribution is -2.23. The van der Waals surface area contributed by atoms with Crippen LogP contribution in [0.2, 0.25) is 0 Å². The van der Waals surface area contributed by atoms with Gasteiger partial charge in [0.2, 0.25) is 5.91 Å². The summed E-state index contributed by atoms with van der Waals surface area (Å²) in [5.41, 5.74) is 0.592. The minimum Gasteiger partial charge on any atom is -0.497 e. The highest BCUT2D eigenvalue weighted by molar-refractivity contribution is 5.91. The minimum absolute atomic E-state index is 0.131. The molecule has 0 radical (unpaired) electrons. The van der Waals surface area contributed by atoms with Gasteiger partial charge in [0, 0.05) is 18.2 Å². The highest BCUT2D eigenvalue weighted by Gasteiger charge is 2.67. The van der Waals surface area contributed by atoms with Gasteiger partial charge in [-0.3, -0.25) is 14.4 Å². The van der Waals surface area contributed by atoms with Gasteiger partial charge in [0.15, 0.2) is 0 Å². The van der Waals surface area contributed by atoms with Crippen molar-refractivity contribution < 1.29 is 29.3 Å².